The molecular weight excluding hydrogens is 258 g/mol. The van der Waals surface area contributed by atoms with Gasteiger partial charge in [0, 0.05) is 0 Å². The van der Waals surface area contributed by atoms with Crippen molar-refractivity contribution in [1.29, 1.82) is 0 Å². The fourth-order valence-corrected chi connectivity index (χ4v) is 2.30. The van der Waals surface area contributed by atoms with Gasteiger partial charge in [-0.25, -0.2) is 4.79 Å². The van der Waals surface area contributed by atoms with E-state index in [0.717, 1.165) is 12.8 Å². The van der Waals surface area contributed by atoms with Crippen LogP contribution in [0.4, 0.5) is 5.69 Å². The lowest BCUT2D eigenvalue weighted by atomic mass is 10.1. The van der Waals surface area contributed by atoms with Crippen LogP contribution in [-0.2, 0) is 9.47 Å². The highest BCUT2D eigenvalue weighted by atomic mass is 16.6. The van der Waals surface area contributed by atoms with E-state index >= 15 is 0 Å². The van der Waals surface area contributed by atoms with E-state index in [1.807, 2.05) is 0 Å². The van der Waals surface area contributed by atoms with Crippen LogP contribution in [0.2, 0.25) is 0 Å². The Hall–Kier alpha value is -1.75. The van der Waals surface area contributed by atoms with Gasteiger partial charge in [0.25, 0.3) is 0 Å². The quantitative estimate of drug-likeness (QED) is 0.677. The smallest absolute Gasteiger partial charge is 0.337 e. The lowest BCUT2D eigenvalue weighted by Gasteiger charge is -2.19. The van der Waals surface area contributed by atoms with Crippen molar-refractivity contribution < 1.29 is 19.0 Å². The molecular formula is C15H21NO4. The van der Waals surface area contributed by atoms with Crippen LogP contribution in [0.5, 0.6) is 5.75 Å². The summed E-state index contributed by atoms with van der Waals surface area (Å²) in [5, 5.41) is 0. The molecule has 5 heteroatoms. The number of benzene rings is 1. The number of hydrogen-bond acceptors (Lipinski definition) is 5. The molecule has 1 fully saturated rings. The predicted molar refractivity (Wildman–Crippen MR) is 75.9 cm³/mol. The molecule has 1 aromatic rings. The summed E-state index contributed by atoms with van der Waals surface area (Å²) in [4.78, 5) is 11.4. The van der Waals surface area contributed by atoms with E-state index in [9.17, 15) is 4.79 Å². The van der Waals surface area contributed by atoms with Crippen molar-refractivity contribution in [2.75, 3.05) is 19.5 Å². The van der Waals surface area contributed by atoms with Crippen LogP contribution in [0.15, 0.2) is 18.2 Å². The first-order valence-electron chi connectivity index (χ1n) is 6.70. The van der Waals surface area contributed by atoms with Gasteiger partial charge < -0.3 is 19.9 Å². The van der Waals surface area contributed by atoms with Gasteiger partial charge in [-0.2, -0.15) is 0 Å². The zero-order valence-electron chi connectivity index (χ0n) is 12.1. The van der Waals surface area contributed by atoms with Crippen LogP contribution in [-0.4, -0.2) is 31.4 Å². The van der Waals surface area contributed by atoms with Crippen molar-refractivity contribution in [3.05, 3.63) is 23.8 Å². The second kappa shape index (κ2) is 5.71. The zero-order chi connectivity index (χ0) is 14.8. The molecule has 2 rings (SSSR count). The maximum Gasteiger partial charge on any atom is 0.337 e. The van der Waals surface area contributed by atoms with E-state index in [0.29, 0.717) is 23.6 Å². The first-order chi connectivity index (χ1) is 9.41. The van der Waals surface area contributed by atoms with Crippen molar-refractivity contribution in [2.45, 2.75) is 38.4 Å². The minimum Gasteiger partial charge on any atom is -0.489 e. The number of esters is 1. The standard InChI is InChI=1S/C15H21NO4/c1-15(2)7-6-11(20-15)9-19-13-5-4-10(8-12(13)16)14(17)18-3/h4-5,8,11H,6-7,9,16H2,1-3H3. The number of anilines is 1. The first kappa shape index (κ1) is 14.7. The minimum absolute atomic E-state index is 0.0751. The topological polar surface area (TPSA) is 70.8 Å². The van der Waals surface area contributed by atoms with Crippen LogP contribution in [0.1, 0.15) is 37.0 Å². The highest BCUT2D eigenvalue weighted by Gasteiger charge is 2.32. The molecule has 1 aliphatic rings. The molecule has 2 N–H and O–H groups in total. The largest absolute Gasteiger partial charge is 0.489 e. The molecule has 0 aromatic heterocycles. The highest BCUT2D eigenvalue weighted by molar-refractivity contribution is 5.90. The maximum atomic E-state index is 11.4. The van der Waals surface area contributed by atoms with Gasteiger partial charge in [0.15, 0.2) is 0 Å². The van der Waals surface area contributed by atoms with E-state index in [2.05, 4.69) is 18.6 Å². The van der Waals surface area contributed by atoms with Crippen molar-refractivity contribution in [1.82, 2.24) is 0 Å². The minimum atomic E-state index is -0.413. The predicted octanol–water partition coefficient (Wildman–Crippen LogP) is 2.39. The van der Waals surface area contributed by atoms with Crippen molar-refractivity contribution in [3.63, 3.8) is 0 Å². The van der Waals surface area contributed by atoms with Crippen LogP contribution >= 0.6 is 0 Å². The van der Waals surface area contributed by atoms with Crippen LogP contribution in [0.25, 0.3) is 0 Å². The fraction of sp³-hybridized carbons (Fsp3) is 0.533. The molecule has 20 heavy (non-hydrogen) atoms. The van der Waals surface area contributed by atoms with Crippen LogP contribution in [0, 0.1) is 0 Å². The Morgan fingerprint density at radius 2 is 2.25 bits per heavy atom. The van der Waals surface area contributed by atoms with E-state index in [4.69, 9.17) is 15.2 Å². The molecule has 1 unspecified atom stereocenters. The number of nitrogens with two attached hydrogens (primary N) is 1. The van der Waals surface area contributed by atoms with Crippen molar-refractivity contribution in [3.8, 4) is 5.75 Å². The Morgan fingerprint density at radius 3 is 2.80 bits per heavy atom. The molecule has 0 amide bonds. The summed E-state index contributed by atoms with van der Waals surface area (Å²) in [6.07, 6.45) is 2.09. The highest BCUT2D eigenvalue weighted by Crippen LogP contribution is 2.30. The number of carbonyl (C=O) groups is 1. The molecule has 110 valence electrons. The third-order valence-electron chi connectivity index (χ3n) is 3.41. The molecule has 1 aliphatic heterocycles. The molecule has 1 atom stereocenters. The van der Waals surface area contributed by atoms with Crippen LogP contribution in [0.3, 0.4) is 0 Å². The zero-order valence-corrected chi connectivity index (χ0v) is 12.1. The van der Waals surface area contributed by atoms with E-state index in [1.165, 1.54) is 7.11 Å². The van der Waals surface area contributed by atoms with Crippen molar-refractivity contribution in [2.24, 2.45) is 0 Å². The molecule has 1 heterocycles. The van der Waals surface area contributed by atoms with Gasteiger partial charge in [-0.05, 0) is 44.9 Å². The van der Waals surface area contributed by atoms with Gasteiger partial charge in [0.05, 0.1) is 30.1 Å². The number of methoxy groups -OCH3 is 1. The van der Waals surface area contributed by atoms with E-state index < -0.39 is 5.97 Å². The Kier molecular flexibility index (Phi) is 4.18. The van der Waals surface area contributed by atoms with Gasteiger partial charge >= 0.3 is 5.97 Å². The Labute approximate surface area is 119 Å². The number of rotatable bonds is 4. The summed E-state index contributed by atoms with van der Waals surface area (Å²) in [6, 6.07) is 4.87. The van der Waals surface area contributed by atoms with E-state index in [-0.39, 0.29) is 11.7 Å². The third-order valence-corrected chi connectivity index (χ3v) is 3.41. The van der Waals surface area contributed by atoms with Gasteiger partial charge in [-0.15, -0.1) is 0 Å². The molecule has 0 saturated carbocycles. The number of ether oxygens (including phenoxy) is 3. The van der Waals surface area contributed by atoms with Crippen LogP contribution < -0.4 is 10.5 Å². The summed E-state index contributed by atoms with van der Waals surface area (Å²) in [7, 11) is 1.34. The molecule has 0 radical (unpaired) electrons. The molecule has 0 bridgehead atoms. The van der Waals surface area contributed by atoms with Gasteiger partial charge in [-0.1, -0.05) is 0 Å². The average Bonchev–Trinajstić information content (AvgIpc) is 2.76. The second-order valence-electron chi connectivity index (χ2n) is 5.59. The number of hydrogen-bond donors (Lipinski definition) is 1. The maximum absolute atomic E-state index is 11.4. The summed E-state index contributed by atoms with van der Waals surface area (Å²) in [5.41, 5.74) is 6.64. The normalized spacial score (nSPS) is 20.6. The summed E-state index contributed by atoms with van der Waals surface area (Å²) >= 11 is 0. The summed E-state index contributed by atoms with van der Waals surface area (Å²) in [5.74, 6) is 0.148. The average molecular weight is 279 g/mol. The number of carbonyl (C=O) groups excluding carboxylic acids is 1. The molecule has 1 saturated heterocycles. The molecule has 1 aromatic carbocycles. The first-order valence-corrected chi connectivity index (χ1v) is 6.70. The van der Waals surface area contributed by atoms with Crippen molar-refractivity contribution >= 4 is 11.7 Å². The molecule has 0 aliphatic carbocycles. The van der Waals surface area contributed by atoms with Gasteiger partial charge in [0.1, 0.15) is 12.4 Å². The number of nitrogen functional groups attached to an aromatic ring is 1. The molecule has 5 nitrogen and oxygen atoms in total. The third kappa shape index (κ3) is 3.42. The fourth-order valence-electron chi connectivity index (χ4n) is 2.30. The summed E-state index contributed by atoms with van der Waals surface area (Å²) in [6.45, 7) is 4.62. The Bertz CT molecular complexity index is 499. The summed E-state index contributed by atoms with van der Waals surface area (Å²) < 4.78 is 16.2. The lowest BCUT2D eigenvalue weighted by Crippen LogP contribution is -2.24. The molecule has 0 spiro atoms. The van der Waals surface area contributed by atoms with E-state index in [1.54, 1.807) is 18.2 Å². The SMILES string of the molecule is COC(=O)c1ccc(OCC2CCC(C)(C)O2)c(N)c1. The lowest BCUT2D eigenvalue weighted by molar-refractivity contribution is -0.0325. The Balaban J connectivity index is 1.95. The monoisotopic (exact) mass is 279 g/mol. The Morgan fingerprint density at radius 1 is 1.50 bits per heavy atom. The van der Waals surface area contributed by atoms with Gasteiger partial charge in [0.2, 0.25) is 0 Å². The second-order valence-corrected chi connectivity index (χ2v) is 5.59. The van der Waals surface area contributed by atoms with Gasteiger partial charge in [-0.3, -0.25) is 0 Å².